The highest BCUT2D eigenvalue weighted by atomic mass is 16.6. The largest absolute Gasteiger partial charge is 0.444 e. The molecule has 42 heavy (non-hydrogen) atoms. The highest BCUT2D eigenvalue weighted by Crippen LogP contribution is 2.35. The number of carbonyl (C=O) groups excluding carboxylic acids is 3. The molecule has 0 heterocycles. The van der Waals surface area contributed by atoms with E-state index in [1.807, 2.05) is 92.7 Å². The van der Waals surface area contributed by atoms with Crippen molar-refractivity contribution in [2.75, 3.05) is 0 Å². The van der Waals surface area contributed by atoms with Crippen LogP contribution in [0.2, 0.25) is 0 Å². The van der Waals surface area contributed by atoms with Crippen LogP contribution in [0.5, 0.6) is 0 Å². The molecule has 2 atom stereocenters. The molecule has 0 aromatic heterocycles. The van der Waals surface area contributed by atoms with Crippen molar-refractivity contribution in [3.8, 4) is 0 Å². The Hall–Kier alpha value is -4.13. The number of rotatable bonds is 10. The number of hydrogen-bond acceptors (Lipinski definition) is 4. The SMILES string of the molecule is Cc1ccc(C)c(C(C(=O)NCc2ccccc2)N(C(=O)C(Cc2ccccc2)NC(=O)OC(C)(C)C)C2CCC2)c1. The van der Waals surface area contributed by atoms with Crippen molar-refractivity contribution in [1.82, 2.24) is 15.5 Å². The predicted molar refractivity (Wildman–Crippen MR) is 165 cm³/mol. The van der Waals surface area contributed by atoms with E-state index in [1.165, 1.54) is 0 Å². The van der Waals surface area contributed by atoms with Crippen LogP contribution < -0.4 is 10.6 Å². The van der Waals surface area contributed by atoms with Gasteiger partial charge < -0.3 is 20.3 Å². The first-order chi connectivity index (χ1) is 20.0. The Morgan fingerprint density at radius 1 is 0.905 bits per heavy atom. The average Bonchev–Trinajstić information content (AvgIpc) is 2.91. The minimum Gasteiger partial charge on any atom is -0.444 e. The van der Waals surface area contributed by atoms with Gasteiger partial charge in [0.05, 0.1) is 0 Å². The molecule has 7 nitrogen and oxygen atoms in total. The molecule has 3 aromatic carbocycles. The molecule has 0 radical (unpaired) electrons. The van der Waals surface area contributed by atoms with Gasteiger partial charge in [-0.25, -0.2) is 4.79 Å². The van der Waals surface area contributed by atoms with Gasteiger partial charge in [-0.05, 0) is 76.1 Å². The van der Waals surface area contributed by atoms with Crippen molar-refractivity contribution in [3.63, 3.8) is 0 Å². The van der Waals surface area contributed by atoms with E-state index in [1.54, 1.807) is 25.7 Å². The lowest BCUT2D eigenvalue weighted by molar-refractivity contribution is -0.147. The lowest BCUT2D eigenvalue weighted by Gasteiger charge is -2.44. The van der Waals surface area contributed by atoms with E-state index in [4.69, 9.17) is 4.74 Å². The van der Waals surface area contributed by atoms with Crippen molar-refractivity contribution < 1.29 is 19.1 Å². The Morgan fingerprint density at radius 3 is 2.10 bits per heavy atom. The second-order valence-electron chi connectivity index (χ2n) is 12.2. The number of alkyl carbamates (subject to hydrolysis) is 1. The summed E-state index contributed by atoms with van der Waals surface area (Å²) in [4.78, 5) is 43.5. The van der Waals surface area contributed by atoms with Crippen LogP contribution in [0.25, 0.3) is 0 Å². The second-order valence-corrected chi connectivity index (χ2v) is 12.2. The van der Waals surface area contributed by atoms with E-state index in [0.717, 1.165) is 47.1 Å². The molecule has 1 saturated carbocycles. The number of nitrogens with zero attached hydrogens (tertiary/aromatic N) is 1. The van der Waals surface area contributed by atoms with E-state index in [2.05, 4.69) is 10.6 Å². The maximum absolute atomic E-state index is 14.6. The summed E-state index contributed by atoms with van der Waals surface area (Å²) in [7, 11) is 0. The highest BCUT2D eigenvalue weighted by Gasteiger charge is 2.42. The molecule has 1 aliphatic carbocycles. The van der Waals surface area contributed by atoms with E-state index < -0.39 is 23.8 Å². The van der Waals surface area contributed by atoms with Crippen LogP contribution in [0.3, 0.4) is 0 Å². The molecule has 1 aliphatic rings. The van der Waals surface area contributed by atoms with Crippen molar-refractivity contribution in [1.29, 1.82) is 0 Å². The first-order valence-corrected chi connectivity index (χ1v) is 14.8. The highest BCUT2D eigenvalue weighted by molar-refractivity contribution is 5.93. The Labute approximate surface area is 249 Å². The third-order valence-corrected chi connectivity index (χ3v) is 7.56. The van der Waals surface area contributed by atoms with Crippen LogP contribution in [0.15, 0.2) is 78.9 Å². The van der Waals surface area contributed by atoms with Gasteiger partial charge >= 0.3 is 6.09 Å². The molecule has 0 spiro atoms. The number of nitrogens with one attached hydrogen (secondary N) is 2. The lowest BCUT2D eigenvalue weighted by atomic mass is 9.86. The summed E-state index contributed by atoms with van der Waals surface area (Å²) >= 11 is 0. The summed E-state index contributed by atoms with van der Waals surface area (Å²) in [6.45, 7) is 9.66. The summed E-state index contributed by atoms with van der Waals surface area (Å²) in [6, 6.07) is 23.4. The normalized spacial score (nSPS) is 14.7. The van der Waals surface area contributed by atoms with Gasteiger partial charge in [-0.1, -0.05) is 84.4 Å². The van der Waals surface area contributed by atoms with Gasteiger partial charge in [0.15, 0.2) is 0 Å². The van der Waals surface area contributed by atoms with Crippen LogP contribution >= 0.6 is 0 Å². The molecule has 2 N–H and O–H groups in total. The van der Waals surface area contributed by atoms with Gasteiger partial charge in [0.2, 0.25) is 11.8 Å². The van der Waals surface area contributed by atoms with Gasteiger partial charge in [0.25, 0.3) is 0 Å². The zero-order valence-electron chi connectivity index (χ0n) is 25.4. The van der Waals surface area contributed by atoms with Crippen molar-refractivity contribution in [2.24, 2.45) is 0 Å². The quantitative estimate of drug-likeness (QED) is 0.305. The van der Waals surface area contributed by atoms with E-state index in [9.17, 15) is 14.4 Å². The molecule has 7 heteroatoms. The third kappa shape index (κ3) is 8.21. The van der Waals surface area contributed by atoms with Gasteiger partial charge in [-0.3, -0.25) is 9.59 Å². The van der Waals surface area contributed by atoms with E-state index in [-0.39, 0.29) is 24.3 Å². The minimum absolute atomic E-state index is 0.122. The minimum atomic E-state index is -0.919. The fourth-order valence-corrected chi connectivity index (χ4v) is 5.22. The summed E-state index contributed by atoms with van der Waals surface area (Å²) in [6.07, 6.45) is 2.17. The second kappa shape index (κ2) is 13.7. The topological polar surface area (TPSA) is 87.7 Å². The van der Waals surface area contributed by atoms with Gasteiger partial charge in [0, 0.05) is 19.0 Å². The van der Waals surface area contributed by atoms with Crippen LogP contribution in [-0.2, 0) is 27.3 Å². The Kier molecular flexibility index (Phi) is 10.0. The molecular formula is C35H43N3O4. The monoisotopic (exact) mass is 569 g/mol. The fraction of sp³-hybridized carbons (Fsp3) is 0.400. The molecule has 0 bridgehead atoms. The van der Waals surface area contributed by atoms with Gasteiger partial charge in [-0.15, -0.1) is 0 Å². The number of aryl methyl sites for hydroxylation is 2. The fourth-order valence-electron chi connectivity index (χ4n) is 5.22. The first kappa shape index (κ1) is 30.8. The smallest absolute Gasteiger partial charge is 0.408 e. The van der Waals surface area contributed by atoms with Crippen molar-refractivity contribution in [2.45, 2.75) is 90.6 Å². The summed E-state index contributed by atoms with van der Waals surface area (Å²) in [5.74, 6) is -0.543. The van der Waals surface area contributed by atoms with Crippen LogP contribution in [0.1, 0.15) is 73.9 Å². The van der Waals surface area contributed by atoms with E-state index >= 15 is 0 Å². The molecule has 1 fully saturated rings. The van der Waals surface area contributed by atoms with Crippen LogP contribution in [-0.4, -0.2) is 40.5 Å². The van der Waals surface area contributed by atoms with E-state index in [0.29, 0.717) is 6.54 Å². The number of amides is 3. The first-order valence-electron chi connectivity index (χ1n) is 14.8. The van der Waals surface area contributed by atoms with Crippen molar-refractivity contribution >= 4 is 17.9 Å². The predicted octanol–water partition coefficient (Wildman–Crippen LogP) is 6.18. The number of carbonyl (C=O) groups is 3. The Morgan fingerprint density at radius 2 is 1.52 bits per heavy atom. The molecule has 2 unspecified atom stereocenters. The lowest BCUT2D eigenvalue weighted by Crippen LogP contribution is -2.58. The maximum atomic E-state index is 14.6. The summed E-state index contributed by atoms with van der Waals surface area (Å²) in [5, 5.41) is 5.95. The summed E-state index contributed by atoms with van der Waals surface area (Å²) < 4.78 is 5.55. The molecule has 0 saturated heterocycles. The standard InChI is InChI=1S/C35H43N3O4/c1-24-19-20-25(2)29(21-24)31(32(39)36-23-27-15-10-7-11-16-27)38(28-17-12-18-28)33(40)30(22-26-13-8-6-9-14-26)37-34(41)42-35(3,4)5/h6-11,13-16,19-21,28,30-31H,12,17-18,22-23H2,1-5H3,(H,36,39)(H,37,41). The van der Waals surface area contributed by atoms with Gasteiger partial charge in [0.1, 0.15) is 17.7 Å². The summed E-state index contributed by atoms with van der Waals surface area (Å²) in [5.41, 5.74) is 3.87. The van der Waals surface area contributed by atoms with Gasteiger partial charge in [-0.2, -0.15) is 0 Å². The molecule has 3 aromatic rings. The number of ether oxygens (including phenoxy) is 1. The molecular weight excluding hydrogens is 526 g/mol. The average molecular weight is 570 g/mol. The Bertz CT molecular complexity index is 1360. The zero-order valence-corrected chi connectivity index (χ0v) is 25.4. The maximum Gasteiger partial charge on any atom is 0.408 e. The molecule has 222 valence electrons. The van der Waals surface area contributed by atoms with Crippen LogP contribution in [0.4, 0.5) is 4.79 Å². The molecule has 4 rings (SSSR count). The van der Waals surface area contributed by atoms with Crippen molar-refractivity contribution in [3.05, 3.63) is 107 Å². The molecule has 3 amide bonds. The molecule has 0 aliphatic heterocycles. The Balaban J connectivity index is 1.73. The number of hydrogen-bond donors (Lipinski definition) is 2. The third-order valence-electron chi connectivity index (χ3n) is 7.56. The number of benzene rings is 3. The zero-order chi connectivity index (χ0) is 30.3. The van der Waals surface area contributed by atoms with Crippen LogP contribution in [0, 0.1) is 13.8 Å².